The van der Waals surface area contributed by atoms with Crippen LogP contribution < -0.4 is 5.73 Å². The fourth-order valence-corrected chi connectivity index (χ4v) is 4.27. The Bertz CT molecular complexity index is 700. The number of thiophene rings is 1. The topological polar surface area (TPSA) is 38.9 Å². The molecule has 0 saturated heterocycles. The fourth-order valence-electron chi connectivity index (χ4n) is 3.20. The van der Waals surface area contributed by atoms with Crippen molar-refractivity contribution in [3.8, 4) is 0 Å². The molecule has 0 radical (unpaired) electrons. The first-order valence-corrected chi connectivity index (χ1v) is 8.85. The Balaban J connectivity index is 1.98. The van der Waals surface area contributed by atoms with Gasteiger partial charge in [-0.3, -0.25) is 0 Å². The predicted octanol–water partition coefficient (Wildman–Crippen LogP) is 4.47. The van der Waals surface area contributed by atoms with Crippen LogP contribution in [0.15, 0.2) is 12.1 Å². The van der Waals surface area contributed by atoms with Gasteiger partial charge in [-0.05, 0) is 48.3 Å². The van der Waals surface area contributed by atoms with Crippen LogP contribution in [0.4, 0.5) is 0 Å². The maximum Gasteiger partial charge on any atom is 0.124 e. The van der Waals surface area contributed by atoms with E-state index in [4.69, 9.17) is 22.9 Å². The molecule has 21 heavy (non-hydrogen) atoms. The van der Waals surface area contributed by atoms with Crippen LogP contribution in [-0.4, -0.2) is 9.97 Å². The third-order valence-corrected chi connectivity index (χ3v) is 6.56. The molecule has 2 nitrogen and oxygen atoms in total. The van der Waals surface area contributed by atoms with Gasteiger partial charge < -0.3 is 5.73 Å². The van der Waals surface area contributed by atoms with E-state index in [1.807, 2.05) is 0 Å². The Hall–Kier alpha value is -1.00. The van der Waals surface area contributed by atoms with Crippen LogP contribution in [0.25, 0.3) is 10.2 Å². The number of rotatable bonds is 3. The summed E-state index contributed by atoms with van der Waals surface area (Å²) in [6.07, 6.45) is 4.73. The number of fused-ring (bicyclic) bond motifs is 2. The largest absolute Gasteiger partial charge is 0.389 e. The standard InChI is InChI=1S/C17H22N2S2/c1-4-17(2,3)12-5-6-13-10(8-12)7-11-9-14(15(18)20)21-16(11)19-13/h7,9,12H,4-6,8H2,1-3H3,(H2,18,20). The molecular weight excluding hydrogens is 296 g/mol. The first kappa shape index (κ1) is 14.9. The van der Waals surface area contributed by atoms with Gasteiger partial charge in [0, 0.05) is 11.1 Å². The SMILES string of the molecule is CCC(C)(C)C1CCc2nc3sc(C(N)=S)cc3cc2C1. The van der Waals surface area contributed by atoms with E-state index in [1.54, 1.807) is 11.3 Å². The van der Waals surface area contributed by atoms with Gasteiger partial charge >= 0.3 is 0 Å². The van der Waals surface area contributed by atoms with E-state index < -0.39 is 0 Å². The van der Waals surface area contributed by atoms with Crippen LogP contribution >= 0.6 is 23.6 Å². The first-order valence-electron chi connectivity index (χ1n) is 7.63. The first-order chi connectivity index (χ1) is 9.90. The van der Waals surface area contributed by atoms with E-state index in [0.717, 1.165) is 28.5 Å². The molecule has 1 aliphatic rings. The molecule has 2 N–H and O–H groups in total. The molecule has 2 heterocycles. The Kier molecular flexibility index (Phi) is 3.78. The van der Waals surface area contributed by atoms with Gasteiger partial charge in [0.2, 0.25) is 0 Å². The molecule has 0 amide bonds. The predicted molar refractivity (Wildman–Crippen MR) is 95.1 cm³/mol. The molecule has 0 aromatic carbocycles. The monoisotopic (exact) mass is 318 g/mol. The zero-order chi connectivity index (χ0) is 15.2. The molecule has 0 bridgehead atoms. The molecule has 1 atom stereocenters. The maximum atomic E-state index is 5.74. The van der Waals surface area contributed by atoms with Crippen LogP contribution in [0.1, 0.15) is 49.7 Å². The lowest BCUT2D eigenvalue weighted by atomic mass is 9.69. The van der Waals surface area contributed by atoms with Gasteiger partial charge in [0.05, 0.1) is 4.88 Å². The summed E-state index contributed by atoms with van der Waals surface area (Å²) in [6, 6.07) is 4.40. The Morgan fingerprint density at radius 3 is 2.90 bits per heavy atom. The molecule has 0 fully saturated rings. The highest BCUT2D eigenvalue weighted by Crippen LogP contribution is 2.40. The number of nitrogens with two attached hydrogens (primary N) is 1. The van der Waals surface area contributed by atoms with Crippen molar-refractivity contribution in [2.24, 2.45) is 17.1 Å². The summed E-state index contributed by atoms with van der Waals surface area (Å²) in [5.74, 6) is 0.753. The summed E-state index contributed by atoms with van der Waals surface area (Å²) in [4.78, 5) is 7.38. The van der Waals surface area contributed by atoms with E-state index in [2.05, 4.69) is 32.9 Å². The van der Waals surface area contributed by atoms with E-state index in [1.165, 1.54) is 29.5 Å². The van der Waals surface area contributed by atoms with Gasteiger partial charge in [-0.15, -0.1) is 11.3 Å². The van der Waals surface area contributed by atoms with E-state index >= 15 is 0 Å². The second-order valence-electron chi connectivity index (χ2n) is 6.75. The van der Waals surface area contributed by atoms with Crippen molar-refractivity contribution in [3.05, 3.63) is 28.3 Å². The minimum absolute atomic E-state index is 0.408. The van der Waals surface area contributed by atoms with Gasteiger partial charge in [0.1, 0.15) is 9.82 Å². The summed E-state index contributed by atoms with van der Waals surface area (Å²) in [5, 5.41) is 1.19. The number of pyridine rings is 1. The Morgan fingerprint density at radius 2 is 2.24 bits per heavy atom. The molecule has 1 aliphatic carbocycles. The lowest BCUT2D eigenvalue weighted by Crippen LogP contribution is -2.29. The Morgan fingerprint density at radius 1 is 1.48 bits per heavy atom. The molecule has 0 aliphatic heterocycles. The van der Waals surface area contributed by atoms with Crippen molar-refractivity contribution in [1.29, 1.82) is 0 Å². The quantitative estimate of drug-likeness (QED) is 0.849. The number of hydrogen-bond donors (Lipinski definition) is 1. The second-order valence-corrected chi connectivity index (χ2v) is 8.22. The fraction of sp³-hybridized carbons (Fsp3) is 0.529. The molecule has 1 unspecified atom stereocenters. The van der Waals surface area contributed by atoms with Crippen LogP contribution in [0, 0.1) is 11.3 Å². The van der Waals surface area contributed by atoms with Crippen LogP contribution in [-0.2, 0) is 12.8 Å². The highest BCUT2D eigenvalue weighted by Gasteiger charge is 2.31. The number of aryl methyl sites for hydroxylation is 1. The minimum atomic E-state index is 0.408. The molecule has 3 rings (SSSR count). The third kappa shape index (κ3) is 2.71. The lowest BCUT2D eigenvalue weighted by Gasteiger charge is -2.36. The van der Waals surface area contributed by atoms with Crippen molar-refractivity contribution >= 4 is 38.8 Å². The van der Waals surface area contributed by atoms with Crippen molar-refractivity contribution in [1.82, 2.24) is 4.98 Å². The molecule has 2 aromatic rings. The lowest BCUT2D eigenvalue weighted by molar-refractivity contribution is 0.182. The van der Waals surface area contributed by atoms with Crippen LogP contribution in [0.3, 0.4) is 0 Å². The summed E-state index contributed by atoms with van der Waals surface area (Å²) in [6.45, 7) is 7.08. The van der Waals surface area contributed by atoms with Crippen LogP contribution in [0.2, 0.25) is 0 Å². The second kappa shape index (κ2) is 5.33. The van der Waals surface area contributed by atoms with Crippen molar-refractivity contribution in [2.45, 2.75) is 46.5 Å². The molecule has 4 heteroatoms. The molecular formula is C17H22N2S2. The van der Waals surface area contributed by atoms with Gasteiger partial charge in [0.25, 0.3) is 0 Å². The maximum absolute atomic E-state index is 5.74. The average molecular weight is 319 g/mol. The Labute approximate surface area is 135 Å². The average Bonchev–Trinajstić information content (AvgIpc) is 2.87. The summed E-state index contributed by atoms with van der Waals surface area (Å²) in [7, 11) is 0. The van der Waals surface area contributed by atoms with Crippen molar-refractivity contribution in [3.63, 3.8) is 0 Å². The van der Waals surface area contributed by atoms with Crippen LogP contribution in [0.5, 0.6) is 0 Å². The van der Waals surface area contributed by atoms with Gasteiger partial charge in [-0.25, -0.2) is 4.98 Å². The van der Waals surface area contributed by atoms with E-state index in [0.29, 0.717) is 10.4 Å². The summed E-state index contributed by atoms with van der Waals surface area (Å²) < 4.78 is 0. The summed E-state index contributed by atoms with van der Waals surface area (Å²) >= 11 is 6.69. The van der Waals surface area contributed by atoms with Gasteiger partial charge in [-0.1, -0.05) is 39.4 Å². The highest BCUT2D eigenvalue weighted by atomic mass is 32.1. The van der Waals surface area contributed by atoms with Gasteiger partial charge in [-0.2, -0.15) is 0 Å². The molecule has 0 spiro atoms. The molecule has 0 saturated carbocycles. The number of aromatic nitrogens is 1. The van der Waals surface area contributed by atoms with Crippen molar-refractivity contribution < 1.29 is 0 Å². The van der Waals surface area contributed by atoms with E-state index in [-0.39, 0.29) is 0 Å². The number of hydrogen-bond acceptors (Lipinski definition) is 3. The third-order valence-electron chi connectivity index (χ3n) is 5.13. The number of thiocarbonyl (C=S) groups is 1. The van der Waals surface area contributed by atoms with Crippen molar-refractivity contribution in [2.75, 3.05) is 0 Å². The highest BCUT2D eigenvalue weighted by molar-refractivity contribution is 7.81. The summed E-state index contributed by atoms with van der Waals surface area (Å²) in [5.41, 5.74) is 8.85. The zero-order valence-corrected chi connectivity index (χ0v) is 14.5. The van der Waals surface area contributed by atoms with E-state index in [9.17, 15) is 0 Å². The minimum Gasteiger partial charge on any atom is -0.389 e. The molecule has 2 aromatic heterocycles. The zero-order valence-electron chi connectivity index (χ0n) is 12.9. The molecule has 112 valence electrons. The number of nitrogens with zero attached hydrogens (tertiary/aromatic N) is 1. The smallest absolute Gasteiger partial charge is 0.124 e. The van der Waals surface area contributed by atoms with Gasteiger partial charge in [0.15, 0.2) is 0 Å². The normalized spacial score (nSPS) is 18.7.